The minimum atomic E-state index is 0. The Hall–Kier alpha value is -0.0700. The van der Waals surface area contributed by atoms with Crippen LogP contribution >= 0.6 is 24.8 Å². The lowest BCUT2D eigenvalue weighted by Gasteiger charge is -2.39. The first-order chi connectivity index (χ1) is 11.0. The van der Waals surface area contributed by atoms with Crippen molar-refractivity contribution in [3.63, 3.8) is 0 Å². The van der Waals surface area contributed by atoms with Gasteiger partial charge < -0.3 is 15.4 Å². The van der Waals surface area contributed by atoms with Gasteiger partial charge in [-0.2, -0.15) is 0 Å². The van der Waals surface area contributed by atoms with E-state index in [-0.39, 0.29) is 30.2 Å². The molecular formula is C18H37Cl2N3O2. The number of hydrogen-bond acceptors (Lipinski definition) is 4. The van der Waals surface area contributed by atoms with E-state index >= 15 is 0 Å². The lowest BCUT2D eigenvalue weighted by Crippen LogP contribution is -2.51. The fourth-order valence-electron chi connectivity index (χ4n) is 3.83. The van der Waals surface area contributed by atoms with Gasteiger partial charge >= 0.3 is 0 Å². The van der Waals surface area contributed by atoms with Gasteiger partial charge in [0.05, 0.1) is 12.7 Å². The molecule has 1 heterocycles. The molecule has 1 amide bonds. The van der Waals surface area contributed by atoms with Crippen LogP contribution in [0.2, 0.25) is 0 Å². The zero-order valence-corrected chi connectivity index (χ0v) is 17.5. The fourth-order valence-corrected chi connectivity index (χ4v) is 3.83. The second kappa shape index (κ2) is 12.3. The Balaban J connectivity index is 0.00000288. The molecule has 0 radical (unpaired) electrons. The van der Waals surface area contributed by atoms with Gasteiger partial charge in [0.2, 0.25) is 5.91 Å². The molecule has 2 fully saturated rings. The van der Waals surface area contributed by atoms with Crippen LogP contribution in [0.5, 0.6) is 0 Å². The summed E-state index contributed by atoms with van der Waals surface area (Å²) in [6.45, 7) is 10.2. The number of nitrogens with two attached hydrogens (primary N) is 1. The molecule has 0 spiro atoms. The normalized spacial score (nSPS) is 20.7. The number of nitrogens with zero attached hydrogens (tertiary/aromatic N) is 2. The predicted octanol–water partition coefficient (Wildman–Crippen LogP) is 2.70. The van der Waals surface area contributed by atoms with Gasteiger partial charge in [0.15, 0.2) is 0 Å². The summed E-state index contributed by atoms with van der Waals surface area (Å²) < 4.78 is 5.61. The minimum absolute atomic E-state index is 0. The molecular weight excluding hydrogens is 361 g/mol. The maximum absolute atomic E-state index is 12.7. The Morgan fingerprint density at radius 1 is 1.08 bits per heavy atom. The summed E-state index contributed by atoms with van der Waals surface area (Å²) in [5, 5.41) is 0. The zero-order valence-electron chi connectivity index (χ0n) is 15.9. The van der Waals surface area contributed by atoms with E-state index in [1.807, 2.05) is 4.90 Å². The smallest absolute Gasteiger partial charge is 0.223 e. The van der Waals surface area contributed by atoms with Crippen molar-refractivity contribution in [3.8, 4) is 0 Å². The van der Waals surface area contributed by atoms with Gasteiger partial charge in [0.1, 0.15) is 0 Å². The van der Waals surface area contributed by atoms with E-state index in [9.17, 15) is 4.79 Å². The Kier molecular flexibility index (Phi) is 12.3. The largest absolute Gasteiger partial charge is 0.377 e. The molecule has 2 rings (SSSR count). The van der Waals surface area contributed by atoms with Crippen molar-refractivity contribution >= 4 is 30.7 Å². The van der Waals surface area contributed by atoms with Crippen molar-refractivity contribution in [2.75, 3.05) is 45.9 Å². The van der Waals surface area contributed by atoms with E-state index in [2.05, 4.69) is 18.7 Å². The van der Waals surface area contributed by atoms with Crippen LogP contribution in [-0.2, 0) is 9.53 Å². The van der Waals surface area contributed by atoms with Gasteiger partial charge in [-0.15, -0.1) is 24.8 Å². The van der Waals surface area contributed by atoms with Gasteiger partial charge in [-0.3, -0.25) is 9.69 Å². The Morgan fingerprint density at radius 3 is 2.20 bits per heavy atom. The monoisotopic (exact) mass is 397 g/mol. The molecule has 7 heteroatoms. The number of carbonyl (C=O) groups is 1. The van der Waals surface area contributed by atoms with Crippen LogP contribution in [0, 0.1) is 5.41 Å². The molecule has 0 atom stereocenters. The molecule has 1 aliphatic heterocycles. The van der Waals surface area contributed by atoms with Crippen LogP contribution in [0.15, 0.2) is 0 Å². The Labute approximate surface area is 165 Å². The Morgan fingerprint density at radius 2 is 1.68 bits per heavy atom. The molecule has 2 aliphatic rings. The van der Waals surface area contributed by atoms with Gasteiger partial charge in [0.25, 0.3) is 0 Å². The first kappa shape index (κ1) is 24.9. The van der Waals surface area contributed by atoms with E-state index < -0.39 is 0 Å². The molecule has 150 valence electrons. The second-order valence-corrected chi connectivity index (χ2v) is 7.58. The van der Waals surface area contributed by atoms with Gasteiger partial charge in [0, 0.05) is 39.1 Å². The van der Waals surface area contributed by atoms with Crippen LogP contribution in [0.4, 0.5) is 0 Å². The van der Waals surface area contributed by atoms with Gasteiger partial charge in [-0.25, -0.2) is 0 Å². The molecule has 0 unspecified atom stereocenters. The number of hydrogen-bond donors (Lipinski definition) is 1. The lowest BCUT2D eigenvalue weighted by atomic mass is 9.71. The molecule has 0 aromatic rings. The molecule has 1 saturated carbocycles. The number of halogens is 2. The first-order valence-corrected chi connectivity index (χ1v) is 9.36. The highest BCUT2D eigenvalue weighted by atomic mass is 35.5. The summed E-state index contributed by atoms with van der Waals surface area (Å²) in [6.07, 6.45) is 6.96. The Bertz CT molecular complexity index is 369. The zero-order chi connectivity index (χ0) is 16.7. The lowest BCUT2D eigenvalue weighted by molar-refractivity contribution is -0.136. The maximum atomic E-state index is 12.7. The average molecular weight is 398 g/mol. The van der Waals surface area contributed by atoms with Crippen LogP contribution in [-0.4, -0.2) is 67.7 Å². The van der Waals surface area contributed by atoms with Crippen LogP contribution in [0.3, 0.4) is 0 Å². The SMILES string of the molecule is CC(C)OCCN1CCN(C(=O)CC2(CN)CCCCC2)CC1.Cl.Cl. The van der Waals surface area contributed by atoms with E-state index in [1.165, 1.54) is 19.3 Å². The van der Waals surface area contributed by atoms with Crippen molar-refractivity contribution < 1.29 is 9.53 Å². The molecule has 1 saturated heterocycles. The predicted molar refractivity (Wildman–Crippen MR) is 108 cm³/mol. The van der Waals surface area contributed by atoms with Crippen LogP contribution < -0.4 is 5.73 Å². The highest BCUT2D eigenvalue weighted by Gasteiger charge is 2.35. The summed E-state index contributed by atoms with van der Waals surface area (Å²) in [5.74, 6) is 0.315. The molecule has 1 aliphatic carbocycles. The highest BCUT2D eigenvalue weighted by molar-refractivity contribution is 5.85. The van der Waals surface area contributed by atoms with E-state index in [4.69, 9.17) is 10.5 Å². The number of amides is 1. The summed E-state index contributed by atoms with van der Waals surface area (Å²) in [5.41, 5.74) is 6.11. The third-order valence-corrected chi connectivity index (χ3v) is 5.46. The number of piperazine rings is 1. The van der Waals surface area contributed by atoms with E-state index in [0.29, 0.717) is 25.0 Å². The minimum Gasteiger partial charge on any atom is -0.377 e. The number of ether oxygens (including phenoxy) is 1. The van der Waals surface area contributed by atoms with Crippen LogP contribution in [0.25, 0.3) is 0 Å². The number of carbonyl (C=O) groups excluding carboxylic acids is 1. The van der Waals surface area contributed by atoms with Crippen molar-refractivity contribution in [3.05, 3.63) is 0 Å². The molecule has 0 aromatic heterocycles. The van der Waals surface area contributed by atoms with Crippen molar-refractivity contribution in [2.45, 2.75) is 58.5 Å². The number of rotatable bonds is 7. The van der Waals surface area contributed by atoms with Crippen LogP contribution in [0.1, 0.15) is 52.4 Å². The third-order valence-electron chi connectivity index (χ3n) is 5.46. The first-order valence-electron chi connectivity index (χ1n) is 9.36. The standard InChI is InChI=1S/C18H35N3O2.2ClH/c1-16(2)23-13-12-20-8-10-21(11-9-20)17(22)14-18(15-19)6-4-3-5-7-18;;/h16H,3-15,19H2,1-2H3;2*1H. The molecule has 25 heavy (non-hydrogen) atoms. The topological polar surface area (TPSA) is 58.8 Å². The summed E-state index contributed by atoms with van der Waals surface area (Å²) in [7, 11) is 0. The average Bonchev–Trinajstić information content (AvgIpc) is 2.56. The summed E-state index contributed by atoms with van der Waals surface area (Å²) in [4.78, 5) is 17.1. The highest BCUT2D eigenvalue weighted by Crippen LogP contribution is 2.38. The quantitative estimate of drug-likeness (QED) is 0.717. The molecule has 2 N–H and O–H groups in total. The summed E-state index contributed by atoms with van der Waals surface area (Å²) in [6, 6.07) is 0. The fraction of sp³-hybridized carbons (Fsp3) is 0.944. The molecule has 5 nitrogen and oxygen atoms in total. The van der Waals surface area contributed by atoms with E-state index in [1.54, 1.807) is 0 Å². The van der Waals surface area contributed by atoms with Gasteiger partial charge in [-0.05, 0) is 38.6 Å². The second-order valence-electron chi connectivity index (χ2n) is 7.58. The van der Waals surface area contributed by atoms with Crippen molar-refractivity contribution in [1.29, 1.82) is 0 Å². The maximum Gasteiger partial charge on any atom is 0.223 e. The van der Waals surface area contributed by atoms with Crippen molar-refractivity contribution in [2.24, 2.45) is 11.1 Å². The van der Waals surface area contributed by atoms with E-state index in [0.717, 1.165) is 52.2 Å². The summed E-state index contributed by atoms with van der Waals surface area (Å²) >= 11 is 0. The van der Waals surface area contributed by atoms with Crippen molar-refractivity contribution in [1.82, 2.24) is 9.80 Å². The third kappa shape index (κ3) is 8.00. The van der Waals surface area contributed by atoms with Gasteiger partial charge in [-0.1, -0.05) is 19.3 Å². The molecule has 0 aromatic carbocycles. The molecule has 0 bridgehead atoms.